The molecule has 2 aromatic rings. The lowest BCUT2D eigenvalue weighted by molar-refractivity contribution is 0.586. The normalized spacial score (nSPS) is 11.8. The van der Waals surface area contributed by atoms with Crippen molar-refractivity contribution in [1.29, 1.82) is 0 Å². The number of aromatic nitrogens is 2. The van der Waals surface area contributed by atoms with E-state index in [1.165, 1.54) is 12.4 Å². The molecular formula is C13H17BrN4O2S. The number of aromatic amines is 1. The highest BCUT2D eigenvalue weighted by Crippen LogP contribution is 2.25. The fraction of sp³-hybridized carbons (Fsp3) is 0.308. The Balaban J connectivity index is 2.27. The second-order valence-corrected chi connectivity index (χ2v) is 7.40. The van der Waals surface area contributed by atoms with Crippen LogP contribution >= 0.6 is 15.9 Å². The van der Waals surface area contributed by atoms with E-state index < -0.39 is 10.0 Å². The Morgan fingerprint density at radius 2 is 2.14 bits per heavy atom. The van der Waals surface area contributed by atoms with Gasteiger partial charge in [0.2, 0.25) is 0 Å². The van der Waals surface area contributed by atoms with Crippen molar-refractivity contribution in [2.75, 3.05) is 4.72 Å². The number of halogens is 1. The molecule has 0 aliphatic carbocycles. The number of nitrogens with one attached hydrogen (secondary N) is 3. The van der Waals surface area contributed by atoms with Crippen LogP contribution in [0.4, 0.5) is 5.69 Å². The zero-order valence-corrected chi connectivity index (χ0v) is 14.1. The molecule has 0 radical (unpaired) electrons. The molecule has 114 valence electrons. The number of sulfonamides is 1. The molecule has 0 bridgehead atoms. The summed E-state index contributed by atoms with van der Waals surface area (Å²) in [6.45, 7) is 4.69. The van der Waals surface area contributed by atoms with Crippen LogP contribution in [0, 0.1) is 0 Å². The standard InChI is InChI=1S/C13H17BrN4O2S/c1-9(2)15-6-10-3-4-12(14)13(5-10)21(19,20)18-11-7-16-17-8-11/h3-5,7-9,15,18H,6H2,1-2H3,(H,16,17). The van der Waals surface area contributed by atoms with Crippen LogP contribution in [0.15, 0.2) is 40.0 Å². The molecule has 0 saturated carbocycles. The molecule has 21 heavy (non-hydrogen) atoms. The summed E-state index contributed by atoms with van der Waals surface area (Å²) in [5.41, 5.74) is 1.30. The highest BCUT2D eigenvalue weighted by atomic mass is 79.9. The summed E-state index contributed by atoms with van der Waals surface area (Å²) in [6, 6.07) is 5.61. The fourth-order valence-corrected chi connectivity index (χ4v) is 3.75. The number of hydrogen-bond acceptors (Lipinski definition) is 4. The Labute approximate surface area is 132 Å². The predicted octanol–water partition coefficient (Wildman–Crippen LogP) is 2.47. The van der Waals surface area contributed by atoms with Gasteiger partial charge < -0.3 is 5.32 Å². The van der Waals surface area contributed by atoms with Crippen molar-refractivity contribution in [2.24, 2.45) is 0 Å². The van der Waals surface area contributed by atoms with Gasteiger partial charge in [0.05, 0.1) is 11.9 Å². The average Bonchev–Trinajstić information content (AvgIpc) is 2.89. The molecule has 0 fully saturated rings. The molecule has 0 aliphatic rings. The van der Waals surface area contributed by atoms with Crippen LogP contribution in [0.1, 0.15) is 19.4 Å². The fourth-order valence-electron chi connectivity index (χ4n) is 1.70. The van der Waals surface area contributed by atoms with E-state index in [1.54, 1.807) is 12.1 Å². The topological polar surface area (TPSA) is 86.9 Å². The monoisotopic (exact) mass is 372 g/mol. The third-order valence-corrected chi connectivity index (χ3v) is 5.13. The van der Waals surface area contributed by atoms with E-state index in [-0.39, 0.29) is 4.90 Å². The van der Waals surface area contributed by atoms with Gasteiger partial charge in [0, 0.05) is 23.3 Å². The first-order valence-electron chi connectivity index (χ1n) is 6.42. The number of anilines is 1. The molecule has 8 heteroatoms. The number of rotatable bonds is 6. The van der Waals surface area contributed by atoms with E-state index >= 15 is 0 Å². The van der Waals surface area contributed by atoms with E-state index in [4.69, 9.17) is 0 Å². The Morgan fingerprint density at radius 3 is 2.76 bits per heavy atom. The van der Waals surface area contributed by atoms with E-state index in [9.17, 15) is 8.42 Å². The van der Waals surface area contributed by atoms with Gasteiger partial charge in [-0.2, -0.15) is 5.10 Å². The maximum Gasteiger partial charge on any atom is 0.263 e. The molecule has 0 spiro atoms. The van der Waals surface area contributed by atoms with Crippen LogP contribution in [-0.4, -0.2) is 24.7 Å². The summed E-state index contributed by atoms with van der Waals surface area (Å²) < 4.78 is 27.8. The van der Waals surface area contributed by atoms with Gasteiger partial charge in [0.15, 0.2) is 0 Å². The summed E-state index contributed by atoms with van der Waals surface area (Å²) in [5, 5.41) is 9.54. The van der Waals surface area contributed by atoms with Crippen LogP contribution in [-0.2, 0) is 16.6 Å². The maximum atomic E-state index is 12.4. The molecule has 0 aliphatic heterocycles. The van der Waals surface area contributed by atoms with Crippen LogP contribution in [0.5, 0.6) is 0 Å². The Morgan fingerprint density at radius 1 is 1.38 bits per heavy atom. The van der Waals surface area contributed by atoms with E-state index in [0.29, 0.717) is 22.7 Å². The Hall–Kier alpha value is -1.38. The molecule has 0 amide bonds. The SMILES string of the molecule is CC(C)NCc1ccc(Br)c(S(=O)(=O)Nc2cn[nH]c2)c1. The third kappa shape index (κ3) is 4.29. The summed E-state index contributed by atoms with van der Waals surface area (Å²) in [5.74, 6) is 0. The molecule has 6 nitrogen and oxygen atoms in total. The lowest BCUT2D eigenvalue weighted by Gasteiger charge is -2.12. The molecule has 3 N–H and O–H groups in total. The minimum absolute atomic E-state index is 0.201. The van der Waals surface area contributed by atoms with Crippen molar-refractivity contribution < 1.29 is 8.42 Å². The summed E-state index contributed by atoms with van der Waals surface area (Å²) in [7, 11) is -3.66. The van der Waals surface area contributed by atoms with Crippen molar-refractivity contribution >= 4 is 31.6 Å². The molecular weight excluding hydrogens is 356 g/mol. The van der Waals surface area contributed by atoms with Crippen molar-refractivity contribution in [3.05, 3.63) is 40.6 Å². The lowest BCUT2D eigenvalue weighted by atomic mass is 10.2. The quantitative estimate of drug-likeness (QED) is 0.726. The third-order valence-electron chi connectivity index (χ3n) is 2.75. The Kier molecular flexibility index (Phi) is 5.02. The van der Waals surface area contributed by atoms with Crippen LogP contribution in [0.25, 0.3) is 0 Å². The first kappa shape index (κ1) is 16.0. The van der Waals surface area contributed by atoms with Crippen molar-refractivity contribution in [3.8, 4) is 0 Å². The van der Waals surface area contributed by atoms with Gasteiger partial charge in [-0.05, 0) is 33.6 Å². The van der Waals surface area contributed by atoms with Crippen molar-refractivity contribution in [2.45, 2.75) is 31.3 Å². The largest absolute Gasteiger partial charge is 0.310 e. The van der Waals surface area contributed by atoms with Gasteiger partial charge in [-0.15, -0.1) is 0 Å². The van der Waals surface area contributed by atoms with Gasteiger partial charge in [0.1, 0.15) is 4.90 Å². The van der Waals surface area contributed by atoms with E-state index in [1.807, 2.05) is 19.9 Å². The smallest absolute Gasteiger partial charge is 0.263 e. The zero-order valence-electron chi connectivity index (χ0n) is 11.7. The van der Waals surface area contributed by atoms with E-state index in [0.717, 1.165) is 5.56 Å². The first-order chi connectivity index (χ1) is 9.88. The van der Waals surface area contributed by atoms with Crippen LogP contribution in [0.3, 0.4) is 0 Å². The summed E-state index contributed by atoms with van der Waals surface area (Å²) in [4.78, 5) is 0.201. The first-order valence-corrected chi connectivity index (χ1v) is 8.69. The molecule has 0 unspecified atom stereocenters. The highest BCUT2D eigenvalue weighted by Gasteiger charge is 2.18. The highest BCUT2D eigenvalue weighted by molar-refractivity contribution is 9.10. The Bertz CT molecular complexity index is 699. The summed E-state index contributed by atoms with van der Waals surface area (Å²) in [6.07, 6.45) is 2.89. The number of hydrogen-bond donors (Lipinski definition) is 3. The second kappa shape index (κ2) is 6.59. The minimum Gasteiger partial charge on any atom is -0.310 e. The van der Waals surface area contributed by atoms with Crippen LogP contribution < -0.4 is 10.0 Å². The summed E-state index contributed by atoms with van der Waals surface area (Å²) >= 11 is 3.29. The van der Waals surface area contributed by atoms with Crippen molar-refractivity contribution in [3.63, 3.8) is 0 Å². The molecule has 0 atom stereocenters. The lowest BCUT2D eigenvalue weighted by Crippen LogP contribution is -2.22. The number of benzene rings is 1. The number of H-pyrrole nitrogens is 1. The predicted molar refractivity (Wildman–Crippen MR) is 85.5 cm³/mol. The van der Waals surface area contributed by atoms with Gasteiger partial charge >= 0.3 is 0 Å². The molecule has 1 aromatic heterocycles. The molecule has 0 saturated heterocycles. The van der Waals surface area contributed by atoms with E-state index in [2.05, 4.69) is 36.2 Å². The molecule has 1 aromatic carbocycles. The van der Waals surface area contributed by atoms with Crippen LogP contribution in [0.2, 0.25) is 0 Å². The minimum atomic E-state index is -3.66. The number of nitrogens with zero attached hydrogens (tertiary/aromatic N) is 1. The average molecular weight is 373 g/mol. The molecule has 1 heterocycles. The zero-order chi connectivity index (χ0) is 15.5. The van der Waals surface area contributed by atoms with Gasteiger partial charge in [-0.3, -0.25) is 9.82 Å². The van der Waals surface area contributed by atoms with Gasteiger partial charge in [0.25, 0.3) is 10.0 Å². The van der Waals surface area contributed by atoms with Gasteiger partial charge in [-0.1, -0.05) is 19.9 Å². The van der Waals surface area contributed by atoms with Crippen molar-refractivity contribution in [1.82, 2.24) is 15.5 Å². The maximum absolute atomic E-state index is 12.4. The van der Waals surface area contributed by atoms with Gasteiger partial charge in [-0.25, -0.2) is 8.42 Å². The molecule has 2 rings (SSSR count). The second-order valence-electron chi connectivity index (χ2n) is 4.89.